The van der Waals surface area contributed by atoms with Gasteiger partial charge in [-0.2, -0.15) is 11.3 Å². The van der Waals surface area contributed by atoms with Gasteiger partial charge in [-0.15, -0.1) is 5.10 Å². The quantitative estimate of drug-likeness (QED) is 0.821. The van der Waals surface area contributed by atoms with E-state index in [2.05, 4.69) is 27.1 Å². The predicted octanol–water partition coefficient (Wildman–Crippen LogP) is 3.61. The molecule has 0 saturated heterocycles. The molecule has 0 bridgehead atoms. The number of aromatic nitrogens is 3. The van der Waals surface area contributed by atoms with Gasteiger partial charge in [0.25, 0.3) is 0 Å². The Morgan fingerprint density at radius 3 is 2.80 bits per heavy atom. The summed E-state index contributed by atoms with van der Waals surface area (Å²) in [6.45, 7) is 0. The van der Waals surface area contributed by atoms with Crippen LogP contribution in [0.5, 0.6) is 0 Å². The number of carbonyl (C=O) groups excluding carboxylic acids is 1. The van der Waals surface area contributed by atoms with Gasteiger partial charge in [-0.05, 0) is 66.8 Å². The zero-order valence-electron chi connectivity index (χ0n) is 14.6. The van der Waals surface area contributed by atoms with E-state index in [-0.39, 0.29) is 5.91 Å². The molecule has 2 fully saturated rings. The van der Waals surface area contributed by atoms with Crippen LogP contribution in [0.2, 0.25) is 0 Å². The highest BCUT2D eigenvalue weighted by molar-refractivity contribution is 7.07. The van der Waals surface area contributed by atoms with Gasteiger partial charge >= 0.3 is 0 Å². The third kappa shape index (κ3) is 3.36. The first kappa shape index (κ1) is 16.8. The van der Waals surface area contributed by atoms with Crippen molar-refractivity contribution < 1.29 is 4.79 Å². The van der Waals surface area contributed by atoms with Crippen LogP contribution in [0.1, 0.15) is 68.5 Å². The first-order valence-electron chi connectivity index (χ1n) is 9.43. The molecule has 6 heteroatoms. The maximum absolute atomic E-state index is 11.8. The van der Waals surface area contributed by atoms with Crippen LogP contribution < -0.4 is 5.73 Å². The van der Waals surface area contributed by atoms with E-state index in [1.165, 1.54) is 37.7 Å². The molecule has 2 N–H and O–H groups in total. The van der Waals surface area contributed by atoms with Crippen LogP contribution in [0.25, 0.3) is 0 Å². The summed E-state index contributed by atoms with van der Waals surface area (Å²) in [5.74, 6) is 0.829. The van der Waals surface area contributed by atoms with Gasteiger partial charge in [0, 0.05) is 12.1 Å². The third-order valence-electron chi connectivity index (χ3n) is 6.05. The number of nitrogens with two attached hydrogens (primary N) is 1. The van der Waals surface area contributed by atoms with Crippen molar-refractivity contribution >= 4 is 17.2 Å². The Balaban J connectivity index is 1.54. The lowest BCUT2D eigenvalue weighted by molar-refractivity contribution is -0.122. The molecule has 0 aromatic carbocycles. The second-order valence-electron chi connectivity index (χ2n) is 7.66. The lowest BCUT2D eigenvalue weighted by atomic mass is 9.76. The summed E-state index contributed by atoms with van der Waals surface area (Å²) in [7, 11) is 0. The smallest absolute Gasteiger partial charge is 0.245 e. The maximum atomic E-state index is 11.8. The number of carbonyl (C=O) groups is 1. The van der Waals surface area contributed by atoms with E-state index < -0.39 is 5.54 Å². The van der Waals surface area contributed by atoms with Gasteiger partial charge in [0.1, 0.15) is 5.54 Å². The summed E-state index contributed by atoms with van der Waals surface area (Å²) in [6.07, 6.45) is 12.3. The fourth-order valence-corrected chi connectivity index (χ4v) is 4.98. The number of hydrogen-bond donors (Lipinski definition) is 1. The van der Waals surface area contributed by atoms with E-state index in [1.807, 2.05) is 6.20 Å². The number of thiophene rings is 1. The van der Waals surface area contributed by atoms with Crippen LogP contribution in [0.15, 0.2) is 23.0 Å². The molecule has 2 aromatic heterocycles. The van der Waals surface area contributed by atoms with Crippen molar-refractivity contribution in [2.45, 2.75) is 69.2 Å². The van der Waals surface area contributed by atoms with Crippen LogP contribution in [0.4, 0.5) is 0 Å². The first-order chi connectivity index (χ1) is 12.2. The highest BCUT2D eigenvalue weighted by Gasteiger charge is 2.52. The molecule has 25 heavy (non-hydrogen) atoms. The molecule has 4 rings (SSSR count). The minimum Gasteiger partial charge on any atom is -0.368 e. The van der Waals surface area contributed by atoms with E-state index in [0.29, 0.717) is 11.8 Å². The van der Waals surface area contributed by atoms with Crippen LogP contribution in [0.3, 0.4) is 0 Å². The topological polar surface area (TPSA) is 73.8 Å². The van der Waals surface area contributed by atoms with Crippen molar-refractivity contribution in [3.05, 3.63) is 34.3 Å². The van der Waals surface area contributed by atoms with E-state index in [4.69, 9.17) is 5.73 Å². The minimum atomic E-state index is -0.601. The molecule has 2 saturated carbocycles. The monoisotopic (exact) mass is 358 g/mol. The zero-order valence-corrected chi connectivity index (χ0v) is 15.4. The number of aryl methyl sites for hydroxylation is 1. The molecule has 0 spiro atoms. The molecule has 5 nitrogen and oxygen atoms in total. The predicted molar refractivity (Wildman–Crippen MR) is 98.4 cm³/mol. The summed E-state index contributed by atoms with van der Waals surface area (Å²) in [5, 5.41) is 13.2. The van der Waals surface area contributed by atoms with Crippen molar-refractivity contribution in [2.75, 3.05) is 0 Å². The highest BCUT2D eigenvalue weighted by Crippen LogP contribution is 2.44. The molecular weight excluding hydrogens is 332 g/mol. The summed E-state index contributed by atoms with van der Waals surface area (Å²) in [6, 6.07) is 2.21. The van der Waals surface area contributed by atoms with Gasteiger partial charge in [0.2, 0.25) is 5.91 Å². The standard InChI is InChI=1S/C19H26N4OS/c20-18(24)19(9-10-19)23-12-17(21-22-23)16(15-4-2-1-3-5-15)7-6-14-8-11-25-13-14/h8,11-13,15-16H,1-7,9-10H2,(H2,20,24)/t16-/m0/s1. The zero-order chi connectivity index (χ0) is 17.3. The van der Waals surface area contributed by atoms with Crippen LogP contribution in [-0.2, 0) is 16.8 Å². The van der Waals surface area contributed by atoms with Crippen molar-refractivity contribution in [1.82, 2.24) is 15.0 Å². The van der Waals surface area contributed by atoms with Crippen molar-refractivity contribution in [3.8, 4) is 0 Å². The lowest BCUT2D eigenvalue weighted by Gasteiger charge is -2.29. The average Bonchev–Trinajstić information content (AvgIpc) is 3.05. The molecule has 0 aliphatic heterocycles. The molecular formula is C19H26N4OS. The third-order valence-corrected chi connectivity index (χ3v) is 6.79. The SMILES string of the molecule is NC(=O)C1(n2cc([C@@H](CCc3ccsc3)C3CCCCC3)nn2)CC1. The van der Waals surface area contributed by atoms with Gasteiger partial charge in [-0.3, -0.25) is 4.79 Å². The second-order valence-corrected chi connectivity index (χ2v) is 8.44. The Labute approximate surface area is 152 Å². The van der Waals surface area contributed by atoms with Gasteiger partial charge in [-0.1, -0.05) is 24.5 Å². The Kier molecular flexibility index (Phi) is 4.63. The molecule has 1 amide bonds. The number of rotatable bonds is 7. The fraction of sp³-hybridized carbons (Fsp3) is 0.632. The fourth-order valence-electron chi connectivity index (χ4n) is 4.28. The average molecular weight is 359 g/mol. The van der Waals surface area contributed by atoms with E-state index in [1.54, 1.807) is 16.0 Å². The number of primary amides is 1. The Morgan fingerprint density at radius 2 is 2.16 bits per heavy atom. The first-order valence-corrected chi connectivity index (χ1v) is 10.4. The normalized spacial score (nSPS) is 21.1. The summed E-state index contributed by atoms with van der Waals surface area (Å²) >= 11 is 1.76. The summed E-state index contributed by atoms with van der Waals surface area (Å²) < 4.78 is 1.74. The molecule has 2 aliphatic rings. The van der Waals surface area contributed by atoms with Crippen molar-refractivity contribution in [3.63, 3.8) is 0 Å². The van der Waals surface area contributed by atoms with E-state index in [0.717, 1.165) is 31.4 Å². The Morgan fingerprint density at radius 1 is 1.36 bits per heavy atom. The molecule has 0 radical (unpaired) electrons. The highest BCUT2D eigenvalue weighted by atomic mass is 32.1. The summed E-state index contributed by atoms with van der Waals surface area (Å²) in [5.41, 5.74) is 7.45. The largest absolute Gasteiger partial charge is 0.368 e. The van der Waals surface area contributed by atoms with E-state index >= 15 is 0 Å². The number of nitrogens with zero attached hydrogens (tertiary/aromatic N) is 3. The van der Waals surface area contributed by atoms with Crippen LogP contribution >= 0.6 is 11.3 Å². The molecule has 2 heterocycles. The molecule has 1 atom stereocenters. The molecule has 2 aliphatic carbocycles. The van der Waals surface area contributed by atoms with Crippen molar-refractivity contribution in [2.24, 2.45) is 11.7 Å². The Hall–Kier alpha value is -1.69. The van der Waals surface area contributed by atoms with Gasteiger partial charge in [0.05, 0.1) is 5.69 Å². The summed E-state index contributed by atoms with van der Waals surface area (Å²) in [4.78, 5) is 11.8. The number of hydrogen-bond acceptors (Lipinski definition) is 4. The van der Waals surface area contributed by atoms with Gasteiger partial charge in [0.15, 0.2) is 0 Å². The molecule has 0 unspecified atom stereocenters. The Bertz CT molecular complexity index is 714. The van der Waals surface area contributed by atoms with Gasteiger partial charge < -0.3 is 5.73 Å². The van der Waals surface area contributed by atoms with Crippen molar-refractivity contribution in [1.29, 1.82) is 0 Å². The molecule has 2 aromatic rings. The lowest BCUT2D eigenvalue weighted by Crippen LogP contribution is -2.34. The second kappa shape index (κ2) is 6.90. The molecule has 134 valence electrons. The van der Waals surface area contributed by atoms with Crippen LogP contribution in [-0.4, -0.2) is 20.9 Å². The number of amides is 1. The van der Waals surface area contributed by atoms with Crippen LogP contribution in [0, 0.1) is 5.92 Å². The van der Waals surface area contributed by atoms with Gasteiger partial charge in [-0.25, -0.2) is 4.68 Å². The minimum absolute atomic E-state index is 0.281. The van der Waals surface area contributed by atoms with E-state index in [9.17, 15) is 4.79 Å². The maximum Gasteiger partial charge on any atom is 0.245 e.